The average molecular weight is 441 g/mol. The van der Waals surface area contributed by atoms with Crippen LogP contribution in [-0.4, -0.2) is 50.8 Å². The number of amides is 1. The summed E-state index contributed by atoms with van der Waals surface area (Å²) in [6, 6.07) is 13.7. The Balaban J connectivity index is 1.51. The molecule has 0 atom stereocenters. The first-order chi connectivity index (χ1) is 15.5. The van der Waals surface area contributed by atoms with Gasteiger partial charge in [-0.05, 0) is 49.4 Å². The molecule has 0 unspecified atom stereocenters. The zero-order valence-electron chi connectivity index (χ0n) is 19.7. The zero-order valence-corrected chi connectivity index (χ0v) is 19.7. The Labute approximate surface area is 191 Å². The second kappa shape index (κ2) is 11.8. The number of piperidine rings is 1. The van der Waals surface area contributed by atoms with Crippen molar-refractivity contribution in [2.45, 2.75) is 45.7 Å². The van der Waals surface area contributed by atoms with Gasteiger partial charge in [-0.1, -0.05) is 32.0 Å². The van der Waals surface area contributed by atoms with E-state index in [0.29, 0.717) is 29.6 Å². The summed E-state index contributed by atoms with van der Waals surface area (Å²) in [5.41, 5.74) is 1.79. The monoisotopic (exact) mass is 440 g/mol. The number of carbonyl (C=O) groups is 1. The molecule has 0 spiro atoms. The molecule has 1 heterocycles. The molecule has 1 fully saturated rings. The van der Waals surface area contributed by atoms with Crippen molar-refractivity contribution in [3.05, 3.63) is 53.6 Å². The second-order valence-electron chi connectivity index (χ2n) is 8.73. The van der Waals surface area contributed by atoms with Gasteiger partial charge in [0.2, 0.25) is 0 Å². The van der Waals surface area contributed by atoms with Crippen LogP contribution in [0.5, 0.6) is 17.2 Å². The molecule has 1 aliphatic heterocycles. The third-order valence-electron chi connectivity index (χ3n) is 5.89. The summed E-state index contributed by atoms with van der Waals surface area (Å²) >= 11 is 0. The Morgan fingerprint density at radius 3 is 2.44 bits per heavy atom. The molecule has 0 bridgehead atoms. The quantitative estimate of drug-likeness (QED) is 0.589. The van der Waals surface area contributed by atoms with Crippen molar-refractivity contribution in [2.24, 2.45) is 5.92 Å². The van der Waals surface area contributed by atoms with Gasteiger partial charge < -0.3 is 19.5 Å². The van der Waals surface area contributed by atoms with E-state index >= 15 is 0 Å². The Morgan fingerprint density at radius 2 is 1.75 bits per heavy atom. The molecule has 1 N–H and O–H groups in total. The largest absolute Gasteiger partial charge is 0.496 e. The van der Waals surface area contributed by atoms with E-state index in [4.69, 9.17) is 14.2 Å². The first kappa shape index (κ1) is 23.9. The smallest absolute Gasteiger partial charge is 0.251 e. The SMILES string of the molecule is COc1ccccc1CN1CCC(NC(=O)c2ccc(OCCC(C)C)c(OC)c2)CC1. The predicted octanol–water partition coefficient (Wildman–Crippen LogP) is 4.52. The average Bonchev–Trinajstić information content (AvgIpc) is 2.80. The molecule has 2 aromatic carbocycles. The molecule has 174 valence electrons. The van der Waals surface area contributed by atoms with E-state index in [1.165, 1.54) is 5.56 Å². The lowest BCUT2D eigenvalue weighted by atomic mass is 10.0. The number of benzene rings is 2. The normalized spacial score (nSPS) is 14.9. The number of methoxy groups -OCH3 is 2. The Bertz CT molecular complexity index is 876. The number of rotatable bonds is 10. The first-order valence-electron chi connectivity index (χ1n) is 11.5. The maximum atomic E-state index is 12.8. The van der Waals surface area contributed by atoms with E-state index in [9.17, 15) is 4.79 Å². The minimum absolute atomic E-state index is 0.0693. The van der Waals surface area contributed by atoms with Gasteiger partial charge in [0.05, 0.1) is 20.8 Å². The minimum atomic E-state index is -0.0693. The van der Waals surface area contributed by atoms with Crippen molar-refractivity contribution in [1.82, 2.24) is 10.2 Å². The molecule has 1 saturated heterocycles. The number of ether oxygens (including phenoxy) is 3. The molecule has 1 aliphatic rings. The standard InChI is InChI=1S/C26H36N2O4/c1-19(2)13-16-32-24-10-9-20(17-25(24)31-4)26(29)27-22-11-14-28(15-12-22)18-21-7-5-6-8-23(21)30-3/h5-10,17,19,22H,11-16,18H2,1-4H3,(H,27,29). The van der Waals surface area contributed by atoms with E-state index < -0.39 is 0 Å². The molecular formula is C26H36N2O4. The maximum Gasteiger partial charge on any atom is 0.251 e. The van der Waals surface area contributed by atoms with E-state index in [2.05, 4.69) is 30.1 Å². The Hall–Kier alpha value is -2.73. The van der Waals surface area contributed by atoms with Gasteiger partial charge in [-0.15, -0.1) is 0 Å². The zero-order chi connectivity index (χ0) is 22.9. The summed E-state index contributed by atoms with van der Waals surface area (Å²) in [4.78, 5) is 15.2. The van der Waals surface area contributed by atoms with Crippen molar-refractivity contribution in [3.63, 3.8) is 0 Å². The third kappa shape index (κ3) is 6.63. The predicted molar refractivity (Wildman–Crippen MR) is 127 cm³/mol. The van der Waals surface area contributed by atoms with Crippen molar-refractivity contribution < 1.29 is 19.0 Å². The summed E-state index contributed by atoms with van der Waals surface area (Å²) in [5.74, 6) is 2.70. The van der Waals surface area contributed by atoms with Crippen LogP contribution in [0.3, 0.4) is 0 Å². The summed E-state index contributed by atoms with van der Waals surface area (Å²) < 4.78 is 16.7. The Kier molecular flexibility index (Phi) is 8.80. The van der Waals surface area contributed by atoms with Crippen LogP contribution in [0.2, 0.25) is 0 Å². The summed E-state index contributed by atoms with van der Waals surface area (Å²) in [6.45, 7) is 7.70. The lowest BCUT2D eigenvalue weighted by Crippen LogP contribution is -2.44. The highest BCUT2D eigenvalue weighted by atomic mass is 16.5. The molecule has 32 heavy (non-hydrogen) atoms. The van der Waals surface area contributed by atoms with Crippen LogP contribution in [-0.2, 0) is 6.54 Å². The van der Waals surface area contributed by atoms with Gasteiger partial charge >= 0.3 is 0 Å². The fourth-order valence-corrected chi connectivity index (χ4v) is 3.91. The van der Waals surface area contributed by atoms with Crippen LogP contribution in [0.1, 0.15) is 49.0 Å². The van der Waals surface area contributed by atoms with Crippen molar-refractivity contribution in [3.8, 4) is 17.2 Å². The molecule has 3 rings (SSSR count). The molecule has 2 aromatic rings. The lowest BCUT2D eigenvalue weighted by Gasteiger charge is -2.32. The van der Waals surface area contributed by atoms with E-state index in [1.54, 1.807) is 26.4 Å². The highest BCUT2D eigenvalue weighted by molar-refractivity contribution is 5.95. The molecule has 0 radical (unpaired) electrons. The Morgan fingerprint density at radius 1 is 1.03 bits per heavy atom. The van der Waals surface area contributed by atoms with Crippen LogP contribution in [0.4, 0.5) is 0 Å². The van der Waals surface area contributed by atoms with E-state index in [1.807, 2.05) is 24.3 Å². The molecule has 0 aliphatic carbocycles. The van der Waals surface area contributed by atoms with Crippen LogP contribution >= 0.6 is 0 Å². The number of hydrogen-bond donors (Lipinski definition) is 1. The number of hydrogen-bond acceptors (Lipinski definition) is 5. The second-order valence-corrected chi connectivity index (χ2v) is 8.73. The van der Waals surface area contributed by atoms with Crippen LogP contribution in [0, 0.1) is 5.92 Å². The highest BCUT2D eigenvalue weighted by Crippen LogP contribution is 2.29. The van der Waals surface area contributed by atoms with Crippen molar-refractivity contribution >= 4 is 5.91 Å². The number of carbonyl (C=O) groups excluding carboxylic acids is 1. The van der Waals surface area contributed by atoms with Gasteiger partial charge in [-0.25, -0.2) is 0 Å². The molecular weight excluding hydrogens is 404 g/mol. The van der Waals surface area contributed by atoms with Crippen molar-refractivity contribution in [1.29, 1.82) is 0 Å². The van der Waals surface area contributed by atoms with Gasteiger partial charge in [0.15, 0.2) is 11.5 Å². The number of nitrogens with zero attached hydrogens (tertiary/aromatic N) is 1. The molecule has 0 aromatic heterocycles. The van der Waals surface area contributed by atoms with Gasteiger partial charge in [-0.3, -0.25) is 9.69 Å². The number of para-hydroxylation sites is 1. The van der Waals surface area contributed by atoms with Crippen molar-refractivity contribution in [2.75, 3.05) is 33.9 Å². The van der Waals surface area contributed by atoms with Gasteiger partial charge in [0, 0.05) is 36.8 Å². The maximum absolute atomic E-state index is 12.8. The number of likely N-dealkylation sites (tertiary alicyclic amines) is 1. The molecule has 6 heteroatoms. The van der Waals surface area contributed by atoms with Gasteiger partial charge in [-0.2, -0.15) is 0 Å². The summed E-state index contributed by atoms with van der Waals surface area (Å²) in [7, 11) is 3.31. The van der Waals surface area contributed by atoms with E-state index in [-0.39, 0.29) is 11.9 Å². The molecule has 6 nitrogen and oxygen atoms in total. The molecule has 0 saturated carbocycles. The summed E-state index contributed by atoms with van der Waals surface area (Å²) in [6.07, 6.45) is 2.82. The van der Waals surface area contributed by atoms with Crippen LogP contribution in [0.25, 0.3) is 0 Å². The third-order valence-corrected chi connectivity index (χ3v) is 5.89. The first-order valence-corrected chi connectivity index (χ1v) is 11.5. The van der Waals surface area contributed by atoms with Crippen LogP contribution in [0.15, 0.2) is 42.5 Å². The topological polar surface area (TPSA) is 60.0 Å². The van der Waals surface area contributed by atoms with Gasteiger partial charge in [0.1, 0.15) is 5.75 Å². The van der Waals surface area contributed by atoms with Gasteiger partial charge in [0.25, 0.3) is 5.91 Å². The van der Waals surface area contributed by atoms with Crippen LogP contribution < -0.4 is 19.5 Å². The van der Waals surface area contributed by atoms with E-state index in [0.717, 1.165) is 44.6 Å². The summed E-state index contributed by atoms with van der Waals surface area (Å²) in [5, 5.41) is 3.18. The lowest BCUT2D eigenvalue weighted by molar-refractivity contribution is 0.0908. The highest BCUT2D eigenvalue weighted by Gasteiger charge is 2.22. The minimum Gasteiger partial charge on any atom is -0.496 e. The molecule has 1 amide bonds. The fraction of sp³-hybridized carbons (Fsp3) is 0.500. The number of nitrogens with one attached hydrogen (secondary N) is 1. The fourth-order valence-electron chi connectivity index (χ4n) is 3.91.